The van der Waals surface area contributed by atoms with Crippen molar-refractivity contribution in [3.8, 4) is 0 Å². The molecule has 2 aliphatic rings. The minimum atomic E-state index is -1.02. The minimum Gasteiger partial charge on any atom is -0.478 e. The highest BCUT2D eigenvalue weighted by molar-refractivity contribution is 6.33. The molecule has 2 aromatic carbocycles. The lowest BCUT2D eigenvalue weighted by Gasteiger charge is -2.17. The average Bonchev–Trinajstić information content (AvgIpc) is 2.89. The van der Waals surface area contributed by atoms with Crippen LogP contribution >= 0.6 is 0 Å². The second kappa shape index (κ2) is 4.84. The quantitative estimate of drug-likeness (QED) is 0.707. The normalized spacial score (nSPS) is 18.0. The van der Waals surface area contributed by atoms with Crippen molar-refractivity contribution in [2.75, 3.05) is 10.6 Å². The summed E-state index contributed by atoms with van der Waals surface area (Å²) in [5.74, 6) is -1.26. The highest BCUT2D eigenvalue weighted by Crippen LogP contribution is 2.37. The van der Waals surface area contributed by atoms with Gasteiger partial charge in [0.05, 0.1) is 16.8 Å². The third-order valence-electron chi connectivity index (χ3n) is 3.94. The number of carbonyl (C=O) groups excluding carboxylic acids is 1. The number of anilines is 2. The first-order valence-electron chi connectivity index (χ1n) is 7.11. The molecule has 0 spiro atoms. The molecule has 2 aliphatic heterocycles. The van der Waals surface area contributed by atoms with Gasteiger partial charge < -0.3 is 15.7 Å². The van der Waals surface area contributed by atoms with Gasteiger partial charge >= 0.3 is 5.97 Å². The molecule has 0 bridgehead atoms. The molecule has 0 aromatic heterocycles. The van der Waals surface area contributed by atoms with E-state index in [2.05, 4.69) is 10.6 Å². The highest BCUT2D eigenvalue weighted by Gasteiger charge is 2.28. The van der Waals surface area contributed by atoms with Crippen molar-refractivity contribution in [1.29, 1.82) is 0 Å². The van der Waals surface area contributed by atoms with Gasteiger partial charge in [0.2, 0.25) is 0 Å². The first kappa shape index (κ1) is 13.3. The van der Waals surface area contributed by atoms with E-state index < -0.39 is 5.97 Å². The Bertz CT molecular complexity index is 926. The van der Waals surface area contributed by atoms with Crippen molar-refractivity contribution in [2.45, 2.75) is 0 Å². The molecule has 1 amide bonds. The predicted octanol–water partition coefficient (Wildman–Crippen LogP) is 3.19. The summed E-state index contributed by atoms with van der Waals surface area (Å²) in [5, 5.41) is 15.2. The maximum Gasteiger partial charge on any atom is 0.335 e. The Kier molecular flexibility index (Phi) is 2.81. The number of hydrogen-bond acceptors (Lipinski definition) is 3. The molecule has 4 rings (SSSR count). The second-order valence-electron chi connectivity index (χ2n) is 5.35. The molecule has 0 fully saturated rings. The first-order valence-corrected chi connectivity index (χ1v) is 7.11. The molecule has 0 saturated heterocycles. The van der Waals surface area contributed by atoms with Crippen molar-refractivity contribution in [3.05, 3.63) is 70.9 Å². The Morgan fingerprint density at radius 3 is 2.61 bits per heavy atom. The Labute approximate surface area is 132 Å². The maximum atomic E-state index is 12.3. The lowest BCUT2D eigenvalue weighted by molar-refractivity contribution is -0.110. The van der Waals surface area contributed by atoms with E-state index >= 15 is 0 Å². The van der Waals surface area contributed by atoms with Crippen LogP contribution < -0.4 is 10.6 Å². The van der Waals surface area contributed by atoms with Crippen LogP contribution in [0.2, 0.25) is 0 Å². The second-order valence-corrected chi connectivity index (χ2v) is 5.35. The lowest BCUT2D eigenvalue weighted by Crippen LogP contribution is -2.11. The molecule has 112 valence electrons. The minimum absolute atomic E-state index is 0.151. The zero-order chi connectivity index (χ0) is 16.0. The fourth-order valence-corrected chi connectivity index (χ4v) is 2.83. The van der Waals surface area contributed by atoms with Crippen LogP contribution in [-0.4, -0.2) is 17.0 Å². The standard InChI is InChI=1S/C18H12N2O3/c21-17-16(12-9-11(18(22)23)6-7-14(12)20-17)15-8-5-10-3-1-2-4-13(10)19-15/h1-9,19H,(H,20,21)(H,22,23)/b16-15-. The SMILES string of the molecule is O=C1Nc2ccc(C(=O)O)cc2/C1=C1\C=Cc2ccccc2N1. The van der Waals surface area contributed by atoms with E-state index in [4.69, 9.17) is 5.11 Å². The van der Waals surface area contributed by atoms with E-state index in [0.717, 1.165) is 11.3 Å². The summed E-state index contributed by atoms with van der Waals surface area (Å²) in [7, 11) is 0. The number of benzene rings is 2. The molecular formula is C18H12N2O3. The average molecular weight is 304 g/mol. The molecule has 5 nitrogen and oxygen atoms in total. The van der Waals surface area contributed by atoms with Crippen LogP contribution in [0.3, 0.4) is 0 Å². The number of carboxylic acid groups (broad SMARTS) is 1. The van der Waals surface area contributed by atoms with Gasteiger partial charge in [-0.05, 0) is 35.9 Å². The van der Waals surface area contributed by atoms with Crippen LogP contribution in [0.15, 0.2) is 54.2 Å². The summed E-state index contributed by atoms with van der Waals surface area (Å²) in [6.45, 7) is 0. The topological polar surface area (TPSA) is 78.4 Å². The van der Waals surface area contributed by atoms with Crippen molar-refractivity contribution >= 4 is 34.9 Å². The Balaban J connectivity index is 1.87. The number of carbonyl (C=O) groups is 2. The number of carboxylic acids is 1. The number of allylic oxidation sites excluding steroid dienone is 1. The van der Waals surface area contributed by atoms with E-state index in [1.165, 1.54) is 12.1 Å². The number of nitrogens with one attached hydrogen (secondary N) is 2. The van der Waals surface area contributed by atoms with Gasteiger partial charge in [0.25, 0.3) is 5.91 Å². The molecule has 0 saturated carbocycles. The fourth-order valence-electron chi connectivity index (χ4n) is 2.83. The van der Waals surface area contributed by atoms with Gasteiger partial charge in [-0.3, -0.25) is 4.79 Å². The van der Waals surface area contributed by atoms with Crippen LogP contribution in [-0.2, 0) is 4.79 Å². The number of amides is 1. The van der Waals surface area contributed by atoms with E-state index in [-0.39, 0.29) is 11.5 Å². The smallest absolute Gasteiger partial charge is 0.335 e. The van der Waals surface area contributed by atoms with Crippen molar-refractivity contribution in [1.82, 2.24) is 0 Å². The molecule has 23 heavy (non-hydrogen) atoms. The molecule has 2 aromatic rings. The number of hydrogen-bond donors (Lipinski definition) is 3. The van der Waals surface area contributed by atoms with E-state index in [9.17, 15) is 9.59 Å². The summed E-state index contributed by atoms with van der Waals surface area (Å²) in [6, 6.07) is 12.4. The molecule has 3 N–H and O–H groups in total. The van der Waals surface area contributed by atoms with Gasteiger partial charge in [-0.2, -0.15) is 0 Å². The van der Waals surface area contributed by atoms with Crippen molar-refractivity contribution in [2.24, 2.45) is 0 Å². The van der Waals surface area contributed by atoms with E-state index in [1.54, 1.807) is 6.07 Å². The number of aromatic carboxylic acids is 1. The summed E-state index contributed by atoms with van der Waals surface area (Å²) in [5.41, 5.74) is 4.43. The van der Waals surface area contributed by atoms with Crippen molar-refractivity contribution in [3.63, 3.8) is 0 Å². The largest absolute Gasteiger partial charge is 0.478 e. The van der Waals surface area contributed by atoms with Crippen LogP contribution in [0.1, 0.15) is 21.5 Å². The van der Waals surface area contributed by atoms with Gasteiger partial charge in [-0.1, -0.05) is 24.3 Å². The lowest BCUT2D eigenvalue weighted by atomic mass is 9.99. The summed E-state index contributed by atoms with van der Waals surface area (Å²) in [4.78, 5) is 23.5. The monoisotopic (exact) mass is 304 g/mol. The summed E-state index contributed by atoms with van der Waals surface area (Å²) in [6.07, 6.45) is 3.76. The van der Waals surface area contributed by atoms with Crippen LogP contribution in [0, 0.1) is 0 Å². The zero-order valence-electron chi connectivity index (χ0n) is 12.0. The van der Waals surface area contributed by atoms with Gasteiger partial charge in [-0.25, -0.2) is 4.79 Å². The van der Waals surface area contributed by atoms with Gasteiger partial charge in [0, 0.05) is 16.9 Å². The molecule has 2 heterocycles. The van der Waals surface area contributed by atoms with Gasteiger partial charge in [0.1, 0.15) is 0 Å². The molecule has 0 atom stereocenters. The van der Waals surface area contributed by atoms with Crippen molar-refractivity contribution < 1.29 is 14.7 Å². The third-order valence-corrected chi connectivity index (χ3v) is 3.94. The Hall–Kier alpha value is -3.34. The summed E-state index contributed by atoms with van der Waals surface area (Å²) >= 11 is 0. The maximum absolute atomic E-state index is 12.3. The van der Waals surface area contributed by atoms with Gasteiger partial charge in [-0.15, -0.1) is 0 Å². The number of para-hydroxylation sites is 1. The molecule has 0 unspecified atom stereocenters. The predicted molar refractivity (Wildman–Crippen MR) is 88.0 cm³/mol. The van der Waals surface area contributed by atoms with Crippen LogP contribution in [0.5, 0.6) is 0 Å². The molecular weight excluding hydrogens is 292 g/mol. The van der Waals surface area contributed by atoms with Crippen LogP contribution in [0.4, 0.5) is 11.4 Å². The summed E-state index contributed by atoms with van der Waals surface area (Å²) < 4.78 is 0. The molecule has 0 radical (unpaired) electrons. The van der Waals surface area contributed by atoms with E-state index in [1.807, 2.05) is 36.4 Å². The fraction of sp³-hybridized carbons (Fsp3) is 0. The first-order chi connectivity index (χ1) is 11.1. The number of fused-ring (bicyclic) bond motifs is 2. The Morgan fingerprint density at radius 2 is 1.78 bits per heavy atom. The molecule has 0 aliphatic carbocycles. The van der Waals surface area contributed by atoms with Crippen LogP contribution in [0.25, 0.3) is 11.6 Å². The number of rotatable bonds is 1. The highest BCUT2D eigenvalue weighted by atomic mass is 16.4. The third kappa shape index (κ3) is 2.10. The van der Waals surface area contributed by atoms with E-state index in [0.29, 0.717) is 22.5 Å². The molecule has 5 heteroatoms. The zero-order valence-corrected chi connectivity index (χ0v) is 12.0. The Morgan fingerprint density at radius 1 is 0.957 bits per heavy atom. The van der Waals surface area contributed by atoms with Gasteiger partial charge in [0.15, 0.2) is 0 Å².